The molecule has 1 atom stereocenters. The molecule has 10 rings (SSSR count). The summed E-state index contributed by atoms with van der Waals surface area (Å²) in [6.45, 7) is 8.89. The van der Waals surface area contributed by atoms with Crippen molar-refractivity contribution in [3.63, 3.8) is 0 Å². The van der Waals surface area contributed by atoms with Crippen molar-refractivity contribution in [1.29, 1.82) is 0 Å². The largest absolute Gasteiger partial charge is 0.344 e. The van der Waals surface area contributed by atoms with Crippen LogP contribution < -0.4 is 14.7 Å². The number of fused-ring (bicyclic) bond motifs is 6. The zero-order chi connectivity index (χ0) is 38.2. The molecule has 0 amide bonds. The van der Waals surface area contributed by atoms with Crippen LogP contribution in [0, 0.1) is 19.8 Å². The van der Waals surface area contributed by atoms with Gasteiger partial charge in [0.2, 0.25) is 0 Å². The van der Waals surface area contributed by atoms with Crippen molar-refractivity contribution >= 4 is 72.4 Å². The lowest BCUT2D eigenvalue weighted by Crippen LogP contribution is -2.20. The summed E-state index contributed by atoms with van der Waals surface area (Å²) in [5, 5.41) is 5.19. The van der Waals surface area contributed by atoms with Gasteiger partial charge >= 0.3 is 0 Å². The Morgan fingerprint density at radius 3 is 1.91 bits per heavy atom. The van der Waals surface area contributed by atoms with Crippen molar-refractivity contribution in [2.75, 3.05) is 21.7 Å². The lowest BCUT2D eigenvalue weighted by molar-refractivity contribution is 0.689. The Kier molecular flexibility index (Phi) is 7.93. The lowest BCUT2D eigenvalue weighted by Gasteiger charge is -2.33. The highest BCUT2D eigenvalue weighted by Gasteiger charge is 2.28. The monoisotopic (exact) mass is 726 g/mol. The fourth-order valence-electron chi connectivity index (χ4n) is 9.59. The molecule has 1 aliphatic carbocycles. The van der Waals surface area contributed by atoms with Gasteiger partial charge in [0, 0.05) is 75.6 Å². The van der Waals surface area contributed by atoms with E-state index in [0.29, 0.717) is 5.92 Å². The molecule has 4 heteroatoms. The van der Waals surface area contributed by atoms with Crippen LogP contribution in [0.2, 0.25) is 0 Å². The Bertz CT molecular complexity index is 2890. The zero-order valence-electron chi connectivity index (χ0n) is 33.0. The number of rotatable bonds is 6. The van der Waals surface area contributed by atoms with Gasteiger partial charge in [0.25, 0.3) is 0 Å². The Balaban J connectivity index is 1.16. The Morgan fingerprint density at radius 1 is 0.518 bits per heavy atom. The normalized spacial score (nSPS) is 14.9. The van der Waals surface area contributed by atoms with Crippen LogP contribution >= 0.6 is 0 Å². The van der Waals surface area contributed by atoms with Gasteiger partial charge in [-0.2, -0.15) is 0 Å². The summed E-state index contributed by atoms with van der Waals surface area (Å²) in [6, 6.07) is 51.7. The van der Waals surface area contributed by atoms with Crippen molar-refractivity contribution in [2.24, 2.45) is 13.0 Å². The number of benzene rings is 7. The first-order chi connectivity index (χ1) is 27.2. The molecule has 0 saturated heterocycles. The second-order valence-corrected chi connectivity index (χ2v) is 16.0. The third-order valence-electron chi connectivity index (χ3n) is 11.9. The molecular weight excluding hydrogens is 681 g/mol. The predicted octanol–water partition coefficient (Wildman–Crippen LogP) is 14.3. The van der Waals surface area contributed by atoms with E-state index in [9.17, 15) is 0 Å². The van der Waals surface area contributed by atoms with Crippen LogP contribution in [0.5, 0.6) is 0 Å². The summed E-state index contributed by atoms with van der Waals surface area (Å²) >= 11 is 0. The number of hydrogen-bond donors (Lipinski definition) is 0. The van der Waals surface area contributed by atoms with Crippen LogP contribution in [-0.2, 0) is 7.05 Å². The fourth-order valence-corrected chi connectivity index (χ4v) is 9.59. The molecule has 0 saturated carbocycles. The maximum atomic E-state index is 2.46. The molecule has 4 nitrogen and oxygen atoms in total. The van der Waals surface area contributed by atoms with Crippen molar-refractivity contribution in [2.45, 2.75) is 34.1 Å². The van der Waals surface area contributed by atoms with Gasteiger partial charge in [-0.25, -0.2) is 0 Å². The summed E-state index contributed by atoms with van der Waals surface area (Å²) in [4.78, 5) is 7.23. The lowest BCUT2D eigenvalue weighted by atomic mass is 9.89. The maximum absolute atomic E-state index is 2.46. The minimum Gasteiger partial charge on any atom is -0.344 e. The third kappa shape index (κ3) is 5.43. The van der Waals surface area contributed by atoms with Gasteiger partial charge in [-0.15, -0.1) is 0 Å². The zero-order valence-corrected chi connectivity index (χ0v) is 33.0. The highest BCUT2D eigenvalue weighted by Crippen LogP contribution is 2.52. The van der Waals surface area contributed by atoms with Gasteiger partial charge in [-0.05, 0) is 134 Å². The molecule has 0 spiro atoms. The summed E-state index contributed by atoms with van der Waals surface area (Å²) in [5.41, 5.74) is 18.4. The van der Waals surface area contributed by atoms with E-state index in [1.165, 1.54) is 88.9 Å². The molecule has 7 aromatic carbocycles. The maximum Gasteiger partial charge on any atom is 0.0510 e. The van der Waals surface area contributed by atoms with E-state index in [1.54, 1.807) is 0 Å². The Hall–Kier alpha value is -6.52. The SMILES string of the molecule is CC1=CC(C)CC(N(c2ccccc2)c2ccc3c4c5cccc6c5c(cc4n(C)c3c2)-c2ccc(N(c3ccccc3)c3cc(C)cc(C)c3)cc2N6C)=C1. The number of anilines is 7. The average molecular weight is 727 g/mol. The van der Waals surface area contributed by atoms with Gasteiger partial charge in [0.05, 0.1) is 16.7 Å². The highest BCUT2D eigenvalue weighted by molar-refractivity contribution is 6.28. The quantitative estimate of drug-likeness (QED) is 0.170. The molecule has 8 aromatic rings. The summed E-state index contributed by atoms with van der Waals surface area (Å²) in [6.07, 6.45) is 5.73. The van der Waals surface area contributed by atoms with Gasteiger partial charge in [0.1, 0.15) is 0 Å². The molecule has 0 fully saturated rings. The molecule has 1 aromatic heterocycles. The van der Waals surface area contributed by atoms with E-state index in [0.717, 1.165) is 23.5 Å². The number of nitrogens with zero attached hydrogens (tertiary/aromatic N) is 4. The van der Waals surface area contributed by atoms with E-state index in [2.05, 4.69) is 213 Å². The first-order valence-electron chi connectivity index (χ1n) is 19.8. The molecule has 1 unspecified atom stereocenters. The fraction of sp³-hybridized carbons (Fsp3) is 0.154. The predicted molar refractivity (Wildman–Crippen MR) is 240 cm³/mol. The van der Waals surface area contributed by atoms with Crippen LogP contribution in [0.1, 0.15) is 31.4 Å². The second-order valence-electron chi connectivity index (χ2n) is 16.0. The number of aromatic nitrogens is 1. The van der Waals surface area contributed by atoms with Crippen molar-refractivity contribution in [3.05, 3.63) is 174 Å². The second kappa shape index (κ2) is 13.1. The topological polar surface area (TPSA) is 14.7 Å². The molecule has 2 aliphatic rings. The minimum absolute atomic E-state index is 0.487. The van der Waals surface area contributed by atoms with E-state index < -0.39 is 0 Å². The summed E-state index contributed by atoms with van der Waals surface area (Å²) < 4.78 is 2.41. The van der Waals surface area contributed by atoms with Gasteiger partial charge in [0.15, 0.2) is 0 Å². The van der Waals surface area contributed by atoms with Crippen LogP contribution in [0.25, 0.3) is 43.7 Å². The number of hydrogen-bond acceptors (Lipinski definition) is 3. The van der Waals surface area contributed by atoms with Gasteiger partial charge in [-0.3, -0.25) is 0 Å². The molecule has 2 heterocycles. The molecule has 0 N–H and O–H groups in total. The Labute approximate surface area is 329 Å². The third-order valence-corrected chi connectivity index (χ3v) is 11.9. The molecule has 0 radical (unpaired) electrons. The molecule has 1 aliphatic heterocycles. The standard InChI is InChI=1S/C52H46N4/c1-33-24-34(2)27-41(26-33)55(37-14-9-7-10-15-37)39-20-22-43-46-32-50-51(45-18-13-19-47(52(45)46)53(5)48(43)30-39)44-23-21-40(31-49(44)54(50)6)56(38-16-11-8-12-17-38)42-28-35(3)25-36(4)29-42/h7-28,30-32,36H,29H2,1-6H3. The van der Waals surface area contributed by atoms with Crippen molar-refractivity contribution < 1.29 is 0 Å². The van der Waals surface area contributed by atoms with Crippen LogP contribution in [0.3, 0.4) is 0 Å². The molecule has 274 valence electrons. The molecular formula is C52H46N4. The minimum atomic E-state index is 0.487. The first-order valence-corrected chi connectivity index (χ1v) is 19.8. The van der Waals surface area contributed by atoms with E-state index in [1.807, 2.05) is 0 Å². The molecule has 56 heavy (non-hydrogen) atoms. The summed E-state index contributed by atoms with van der Waals surface area (Å²) in [5.74, 6) is 0.487. The van der Waals surface area contributed by atoms with Crippen LogP contribution in [-0.4, -0.2) is 11.6 Å². The van der Waals surface area contributed by atoms with E-state index in [4.69, 9.17) is 0 Å². The smallest absolute Gasteiger partial charge is 0.0510 e. The van der Waals surface area contributed by atoms with Crippen molar-refractivity contribution in [3.8, 4) is 11.1 Å². The van der Waals surface area contributed by atoms with Crippen LogP contribution in [0.15, 0.2) is 163 Å². The number of allylic oxidation sites excluding steroid dienone is 4. The van der Waals surface area contributed by atoms with Gasteiger partial charge < -0.3 is 19.3 Å². The van der Waals surface area contributed by atoms with Crippen LogP contribution in [0.4, 0.5) is 39.8 Å². The van der Waals surface area contributed by atoms with Gasteiger partial charge in [-0.1, -0.05) is 85.3 Å². The number of aryl methyl sites for hydroxylation is 3. The first kappa shape index (κ1) is 34.0. The summed E-state index contributed by atoms with van der Waals surface area (Å²) in [7, 11) is 4.46. The number of para-hydroxylation sites is 2. The van der Waals surface area contributed by atoms with Crippen molar-refractivity contribution in [1.82, 2.24) is 4.57 Å². The van der Waals surface area contributed by atoms with E-state index in [-0.39, 0.29) is 0 Å². The average Bonchev–Trinajstić information content (AvgIpc) is 3.47. The molecule has 0 bridgehead atoms. The highest BCUT2D eigenvalue weighted by atomic mass is 15.2. The Morgan fingerprint density at radius 2 is 1.20 bits per heavy atom. The van der Waals surface area contributed by atoms with E-state index >= 15 is 0 Å².